The van der Waals surface area contributed by atoms with E-state index >= 15 is 0 Å². The Morgan fingerprint density at radius 1 is 1.00 bits per heavy atom. The third kappa shape index (κ3) is 13.4. The Hall–Kier alpha value is -0.770. The van der Waals surface area contributed by atoms with Crippen LogP contribution >= 0.6 is 0 Å². The van der Waals surface area contributed by atoms with E-state index in [-0.39, 0.29) is 6.09 Å². The predicted molar refractivity (Wildman–Crippen MR) is 98.7 cm³/mol. The molecule has 0 aromatic carbocycles. The van der Waals surface area contributed by atoms with Gasteiger partial charge in [-0.05, 0) is 51.9 Å². The molecule has 0 aromatic rings. The van der Waals surface area contributed by atoms with Gasteiger partial charge in [-0.2, -0.15) is 0 Å². The molecule has 0 aliphatic heterocycles. The van der Waals surface area contributed by atoms with Crippen LogP contribution in [0.3, 0.4) is 0 Å². The second-order valence-electron chi connectivity index (χ2n) is 8.52. The molecule has 1 amide bonds. The third-order valence-corrected chi connectivity index (χ3v) is 4.00. The molecule has 0 spiro atoms. The zero-order valence-electron chi connectivity index (χ0n) is 16.7. The van der Waals surface area contributed by atoms with Gasteiger partial charge >= 0.3 is 6.09 Å². The molecule has 2 unspecified atom stereocenters. The van der Waals surface area contributed by atoms with Crippen molar-refractivity contribution in [2.75, 3.05) is 13.1 Å². The number of carbonyl (C=O) groups excluding carboxylic acids is 1. The van der Waals surface area contributed by atoms with E-state index in [2.05, 4.69) is 45.3 Å². The van der Waals surface area contributed by atoms with E-state index in [4.69, 9.17) is 4.74 Å². The smallest absolute Gasteiger partial charge is 0.407 e. The Morgan fingerprint density at radius 3 is 2.09 bits per heavy atom. The van der Waals surface area contributed by atoms with Gasteiger partial charge in [-0.15, -0.1) is 0 Å². The predicted octanol–water partition coefficient (Wildman–Crippen LogP) is 4.59. The lowest BCUT2D eigenvalue weighted by Gasteiger charge is -2.25. The normalized spacial score (nSPS) is 14.9. The van der Waals surface area contributed by atoms with Crippen molar-refractivity contribution in [1.82, 2.24) is 10.6 Å². The van der Waals surface area contributed by atoms with Crippen LogP contribution in [0.4, 0.5) is 4.79 Å². The van der Waals surface area contributed by atoms with Crippen molar-refractivity contribution in [1.29, 1.82) is 0 Å². The number of ether oxygens (including phenoxy) is 1. The Balaban J connectivity index is 4.09. The van der Waals surface area contributed by atoms with Crippen molar-refractivity contribution in [3.8, 4) is 0 Å². The van der Waals surface area contributed by atoms with Gasteiger partial charge in [0.05, 0.1) is 0 Å². The lowest BCUT2D eigenvalue weighted by atomic mass is 9.95. The summed E-state index contributed by atoms with van der Waals surface area (Å²) in [5.41, 5.74) is -0.444. The van der Waals surface area contributed by atoms with E-state index in [1.165, 1.54) is 19.3 Å². The fraction of sp³-hybridized carbons (Fsp3) is 0.947. The summed E-state index contributed by atoms with van der Waals surface area (Å²) in [6, 6.07) is 0.525. The standard InChI is InChI=1S/C19H40N2O2/c1-14(2)10-9-11-16(5)20-12-17(15(3)4)13-21-18(22)23-19(6,7)8/h14-17,20H,9-13H2,1-8H3,(H,21,22). The summed E-state index contributed by atoms with van der Waals surface area (Å²) in [7, 11) is 0. The first kappa shape index (κ1) is 22.2. The van der Waals surface area contributed by atoms with Gasteiger partial charge < -0.3 is 15.4 Å². The monoisotopic (exact) mass is 328 g/mol. The molecule has 0 bridgehead atoms. The zero-order chi connectivity index (χ0) is 18.0. The van der Waals surface area contributed by atoms with Gasteiger partial charge in [0, 0.05) is 19.1 Å². The average molecular weight is 329 g/mol. The van der Waals surface area contributed by atoms with Crippen molar-refractivity contribution < 1.29 is 9.53 Å². The van der Waals surface area contributed by atoms with Crippen molar-refractivity contribution in [3.63, 3.8) is 0 Å². The van der Waals surface area contributed by atoms with Crippen LogP contribution in [-0.2, 0) is 4.74 Å². The summed E-state index contributed by atoms with van der Waals surface area (Å²) in [5, 5.41) is 6.52. The highest BCUT2D eigenvalue weighted by Gasteiger charge is 2.19. The number of carbonyl (C=O) groups is 1. The number of amides is 1. The van der Waals surface area contributed by atoms with Gasteiger partial charge in [0.25, 0.3) is 0 Å². The molecule has 2 N–H and O–H groups in total. The summed E-state index contributed by atoms with van der Waals surface area (Å²) >= 11 is 0. The second kappa shape index (κ2) is 10.9. The van der Waals surface area contributed by atoms with Crippen molar-refractivity contribution in [3.05, 3.63) is 0 Å². The number of hydrogen-bond donors (Lipinski definition) is 2. The molecule has 0 rings (SSSR count). The van der Waals surface area contributed by atoms with Crippen LogP contribution in [0.2, 0.25) is 0 Å². The van der Waals surface area contributed by atoms with Gasteiger partial charge in [0.15, 0.2) is 0 Å². The molecule has 0 aliphatic rings. The molecule has 2 atom stereocenters. The number of alkyl carbamates (subject to hydrolysis) is 1. The molecule has 0 heterocycles. The topological polar surface area (TPSA) is 50.4 Å². The maximum absolute atomic E-state index is 11.8. The van der Waals surface area contributed by atoms with E-state index in [9.17, 15) is 4.79 Å². The van der Waals surface area contributed by atoms with Crippen LogP contribution in [-0.4, -0.2) is 30.8 Å². The SMILES string of the molecule is CC(C)CCCC(C)NCC(CNC(=O)OC(C)(C)C)C(C)C. The summed E-state index contributed by atoms with van der Waals surface area (Å²) in [4.78, 5) is 11.8. The number of nitrogens with one attached hydrogen (secondary N) is 2. The lowest BCUT2D eigenvalue weighted by molar-refractivity contribution is 0.0514. The molecule has 0 radical (unpaired) electrons. The largest absolute Gasteiger partial charge is 0.444 e. The van der Waals surface area contributed by atoms with Gasteiger partial charge in [0.1, 0.15) is 5.60 Å². The Kier molecular flexibility index (Phi) is 10.5. The first-order chi connectivity index (χ1) is 10.5. The zero-order valence-corrected chi connectivity index (χ0v) is 16.7. The minimum atomic E-state index is -0.444. The third-order valence-electron chi connectivity index (χ3n) is 4.00. The number of hydrogen-bond acceptors (Lipinski definition) is 3. The maximum atomic E-state index is 11.8. The summed E-state index contributed by atoms with van der Waals surface area (Å²) in [6.45, 7) is 18.4. The molecule has 0 fully saturated rings. The molecule has 0 saturated heterocycles. The molecule has 4 nitrogen and oxygen atoms in total. The van der Waals surface area contributed by atoms with Gasteiger partial charge in [-0.3, -0.25) is 0 Å². The average Bonchev–Trinajstić information content (AvgIpc) is 2.35. The highest BCUT2D eigenvalue weighted by molar-refractivity contribution is 5.67. The van der Waals surface area contributed by atoms with Crippen LogP contribution in [0.25, 0.3) is 0 Å². The molecule has 23 heavy (non-hydrogen) atoms. The first-order valence-corrected chi connectivity index (χ1v) is 9.21. The summed E-state index contributed by atoms with van der Waals surface area (Å²) < 4.78 is 5.30. The Bertz CT molecular complexity index is 322. The van der Waals surface area contributed by atoms with Gasteiger partial charge in [-0.25, -0.2) is 4.79 Å². The highest BCUT2D eigenvalue weighted by Crippen LogP contribution is 2.12. The molecule has 0 aliphatic carbocycles. The summed E-state index contributed by atoms with van der Waals surface area (Å²) in [5.74, 6) is 1.71. The molecule has 4 heteroatoms. The number of rotatable bonds is 10. The van der Waals surface area contributed by atoms with Gasteiger partial charge in [0.2, 0.25) is 0 Å². The molecule has 0 saturated carbocycles. The molecule has 0 aromatic heterocycles. The van der Waals surface area contributed by atoms with E-state index in [0.29, 0.717) is 24.4 Å². The van der Waals surface area contributed by atoms with E-state index < -0.39 is 5.60 Å². The molecule has 138 valence electrons. The van der Waals surface area contributed by atoms with Crippen LogP contribution in [0, 0.1) is 17.8 Å². The van der Waals surface area contributed by atoms with E-state index in [0.717, 1.165) is 12.5 Å². The fourth-order valence-electron chi connectivity index (χ4n) is 2.36. The molecular formula is C19H40N2O2. The second-order valence-corrected chi connectivity index (χ2v) is 8.52. The van der Waals surface area contributed by atoms with Crippen LogP contribution in [0.15, 0.2) is 0 Å². The highest BCUT2D eigenvalue weighted by atomic mass is 16.6. The van der Waals surface area contributed by atoms with Crippen molar-refractivity contribution in [2.24, 2.45) is 17.8 Å². The first-order valence-electron chi connectivity index (χ1n) is 9.21. The van der Waals surface area contributed by atoms with Crippen molar-refractivity contribution >= 4 is 6.09 Å². The Labute approximate surface area is 144 Å². The molecular weight excluding hydrogens is 288 g/mol. The van der Waals surface area contributed by atoms with Gasteiger partial charge in [-0.1, -0.05) is 40.5 Å². The lowest BCUT2D eigenvalue weighted by Crippen LogP contribution is -2.41. The fourth-order valence-corrected chi connectivity index (χ4v) is 2.36. The van der Waals surface area contributed by atoms with E-state index in [1.54, 1.807) is 0 Å². The Morgan fingerprint density at radius 2 is 1.61 bits per heavy atom. The quantitative estimate of drug-likeness (QED) is 0.617. The van der Waals surface area contributed by atoms with E-state index in [1.807, 2.05) is 20.8 Å². The summed E-state index contributed by atoms with van der Waals surface area (Å²) in [6.07, 6.45) is 3.45. The van der Waals surface area contributed by atoms with Crippen molar-refractivity contribution in [2.45, 2.75) is 86.3 Å². The van der Waals surface area contributed by atoms with Crippen LogP contribution < -0.4 is 10.6 Å². The van der Waals surface area contributed by atoms with Crippen LogP contribution in [0.5, 0.6) is 0 Å². The minimum absolute atomic E-state index is 0.326. The maximum Gasteiger partial charge on any atom is 0.407 e. The van der Waals surface area contributed by atoms with Crippen LogP contribution in [0.1, 0.15) is 74.7 Å². The minimum Gasteiger partial charge on any atom is -0.444 e.